The Morgan fingerprint density at radius 1 is 1.11 bits per heavy atom. The molecule has 0 bridgehead atoms. The predicted molar refractivity (Wildman–Crippen MR) is 83.3 cm³/mol. The summed E-state index contributed by atoms with van der Waals surface area (Å²) in [6, 6.07) is 0. The lowest BCUT2D eigenvalue weighted by Gasteiger charge is -2.39. The van der Waals surface area contributed by atoms with Crippen LogP contribution in [-0.2, 0) is 0 Å². The molecule has 0 unspecified atom stereocenters. The summed E-state index contributed by atoms with van der Waals surface area (Å²) in [6.45, 7) is 7.21. The van der Waals surface area contributed by atoms with Gasteiger partial charge in [-0.2, -0.15) is 0 Å². The van der Waals surface area contributed by atoms with Crippen molar-refractivity contribution < 1.29 is 0 Å². The van der Waals surface area contributed by atoms with Gasteiger partial charge in [0.2, 0.25) is 0 Å². The van der Waals surface area contributed by atoms with E-state index in [-0.39, 0.29) is 0 Å². The molecule has 2 aliphatic rings. The molecule has 0 spiro atoms. The second-order valence-electron chi connectivity index (χ2n) is 7.09. The molecular weight excluding hydrogens is 232 g/mol. The SMILES string of the molecule is CCCC1CCN(CCC2(CN)CCCCC2)CC1. The Balaban J connectivity index is 1.70. The van der Waals surface area contributed by atoms with Crippen molar-refractivity contribution in [1.82, 2.24) is 4.90 Å². The second kappa shape index (κ2) is 7.64. The third-order valence-corrected chi connectivity index (χ3v) is 5.71. The summed E-state index contributed by atoms with van der Waals surface area (Å²) in [5, 5.41) is 0. The van der Waals surface area contributed by atoms with Crippen LogP contribution >= 0.6 is 0 Å². The molecule has 1 heterocycles. The van der Waals surface area contributed by atoms with Crippen LogP contribution in [0.3, 0.4) is 0 Å². The van der Waals surface area contributed by atoms with Crippen LogP contribution in [-0.4, -0.2) is 31.1 Å². The molecule has 0 atom stereocenters. The van der Waals surface area contributed by atoms with Crippen LogP contribution in [0, 0.1) is 11.3 Å². The summed E-state index contributed by atoms with van der Waals surface area (Å²) in [5.41, 5.74) is 6.60. The Morgan fingerprint density at radius 3 is 2.37 bits per heavy atom. The van der Waals surface area contributed by atoms with Gasteiger partial charge < -0.3 is 10.6 Å². The third kappa shape index (κ3) is 4.46. The van der Waals surface area contributed by atoms with Crippen LogP contribution in [0.15, 0.2) is 0 Å². The molecule has 1 aliphatic carbocycles. The fraction of sp³-hybridized carbons (Fsp3) is 1.00. The first kappa shape index (κ1) is 15.3. The molecule has 2 rings (SSSR count). The summed E-state index contributed by atoms with van der Waals surface area (Å²) in [7, 11) is 0. The lowest BCUT2D eigenvalue weighted by molar-refractivity contribution is 0.121. The monoisotopic (exact) mass is 266 g/mol. The summed E-state index contributed by atoms with van der Waals surface area (Å²) < 4.78 is 0. The zero-order valence-corrected chi connectivity index (χ0v) is 13.0. The first-order chi connectivity index (χ1) is 9.28. The summed E-state index contributed by atoms with van der Waals surface area (Å²) in [4.78, 5) is 2.71. The van der Waals surface area contributed by atoms with E-state index in [9.17, 15) is 0 Å². The molecule has 112 valence electrons. The van der Waals surface area contributed by atoms with Gasteiger partial charge in [-0.25, -0.2) is 0 Å². The average Bonchev–Trinajstić information content (AvgIpc) is 2.48. The van der Waals surface area contributed by atoms with Gasteiger partial charge in [0.15, 0.2) is 0 Å². The van der Waals surface area contributed by atoms with Crippen LogP contribution in [0.5, 0.6) is 0 Å². The fourth-order valence-electron chi connectivity index (χ4n) is 4.16. The highest BCUT2D eigenvalue weighted by atomic mass is 15.1. The molecule has 2 N–H and O–H groups in total. The number of nitrogens with two attached hydrogens (primary N) is 1. The number of likely N-dealkylation sites (tertiary alicyclic amines) is 1. The smallest absolute Gasteiger partial charge is 0.00130 e. The summed E-state index contributed by atoms with van der Waals surface area (Å²) in [6.07, 6.45) is 14.1. The van der Waals surface area contributed by atoms with Crippen LogP contribution in [0.25, 0.3) is 0 Å². The van der Waals surface area contributed by atoms with E-state index in [1.54, 1.807) is 0 Å². The number of nitrogens with zero attached hydrogens (tertiary/aromatic N) is 1. The molecule has 2 heteroatoms. The van der Waals surface area contributed by atoms with E-state index in [2.05, 4.69) is 11.8 Å². The third-order valence-electron chi connectivity index (χ3n) is 5.71. The number of hydrogen-bond donors (Lipinski definition) is 1. The highest BCUT2D eigenvalue weighted by Crippen LogP contribution is 2.38. The molecule has 1 saturated heterocycles. The standard InChI is InChI=1S/C17H34N2/c1-2-6-16-7-12-19(13-8-16)14-11-17(15-18)9-4-3-5-10-17/h16H,2-15,18H2,1H3. The van der Waals surface area contributed by atoms with Crippen LogP contribution in [0.4, 0.5) is 0 Å². The Labute approximate surface area is 120 Å². The van der Waals surface area contributed by atoms with E-state index in [0.29, 0.717) is 5.41 Å². The van der Waals surface area contributed by atoms with Crippen molar-refractivity contribution in [3.05, 3.63) is 0 Å². The maximum absolute atomic E-state index is 6.10. The quantitative estimate of drug-likeness (QED) is 0.792. The van der Waals surface area contributed by atoms with E-state index in [1.807, 2.05) is 0 Å². The van der Waals surface area contributed by atoms with Crippen molar-refractivity contribution in [1.29, 1.82) is 0 Å². The van der Waals surface area contributed by atoms with Crippen LogP contribution in [0.1, 0.15) is 71.1 Å². The molecule has 0 aromatic rings. The van der Waals surface area contributed by atoms with E-state index in [4.69, 9.17) is 5.73 Å². The maximum Gasteiger partial charge on any atom is -0.00130 e. The van der Waals surface area contributed by atoms with Crippen molar-refractivity contribution in [3.63, 3.8) is 0 Å². The average molecular weight is 266 g/mol. The van der Waals surface area contributed by atoms with Crippen molar-refractivity contribution in [2.45, 2.75) is 71.1 Å². The Morgan fingerprint density at radius 2 is 1.79 bits per heavy atom. The number of hydrogen-bond acceptors (Lipinski definition) is 2. The van der Waals surface area contributed by atoms with Crippen molar-refractivity contribution in [2.75, 3.05) is 26.2 Å². The molecule has 1 saturated carbocycles. The van der Waals surface area contributed by atoms with Crippen molar-refractivity contribution in [2.24, 2.45) is 17.1 Å². The molecule has 2 fully saturated rings. The Kier molecular flexibility index (Phi) is 6.15. The number of piperidine rings is 1. The minimum absolute atomic E-state index is 0.499. The minimum Gasteiger partial charge on any atom is -0.330 e. The number of rotatable bonds is 6. The molecular formula is C17H34N2. The molecule has 2 nitrogen and oxygen atoms in total. The van der Waals surface area contributed by atoms with Gasteiger partial charge in [-0.15, -0.1) is 0 Å². The Bertz CT molecular complexity index is 238. The topological polar surface area (TPSA) is 29.3 Å². The Hall–Kier alpha value is -0.0800. The zero-order chi connectivity index (χ0) is 13.6. The molecule has 0 radical (unpaired) electrons. The van der Waals surface area contributed by atoms with Gasteiger partial charge in [0.25, 0.3) is 0 Å². The van der Waals surface area contributed by atoms with Crippen molar-refractivity contribution in [3.8, 4) is 0 Å². The van der Waals surface area contributed by atoms with Crippen LogP contribution < -0.4 is 5.73 Å². The van der Waals surface area contributed by atoms with Gasteiger partial charge in [-0.05, 0) is 69.6 Å². The fourth-order valence-corrected chi connectivity index (χ4v) is 4.16. The van der Waals surface area contributed by atoms with Gasteiger partial charge in [0, 0.05) is 0 Å². The largest absolute Gasteiger partial charge is 0.330 e. The maximum atomic E-state index is 6.10. The van der Waals surface area contributed by atoms with Crippen LogP contribution in [0.2, 0.25) is 0 Å². The first-order valence-corrected chi connectivity index (χ1v) is 8.70. The van der Waals surface area contributed by atoms with Gasteiger partial charge in [-0.1, -0.05) is 39.0 Å². The lowest BCUT2D eigenvalue weighted by Crippen LogP contribution is -2.40. The molecule has 0 aromatic carbocycles. The highest BCUT2D eigenvalue weighted by Gasteiger charge is 2.31. The molecule has 0 amide bonds. The summed E-state index contributed by atoms with van der Waals surface area (Å²) in [5.74, 6) is 1.01. The molecule has 1 aliphatic heterocycles. The normalized spacial score (nSPS) is 25.6. The highest BCUT2D eigenvalue weighted by molar-refractivity contribution is 4.85. The summed E-state index contributed by atoms with van der Waals surface area (Å²) >= 11 is 0. The minimum atomic E-state index is 0.499. The zero-order valence-electron chi connectivity index (χ0n) is 13.0. The first-order valence-electron chi connectivity index (χ1n) is 8.70. The van der Waals surface area contributed by atoms with Gasteiger partial charge >= 0.3 is 0 Å². The van der Waals surface area contributed by atoms with E-state index in [0.717, 1.165) is 12.5 Å². The van der Waals surface area contributed by atoms with E-state index >= 15 is 0 Å². The second-order valence-corrected chi connectivity index (χ2v) is 7.09. The van der Waals surface area contributed by atoms with Gasteiger partial charge in [0.05, 0.1) is 0 Å². The van der Waals surface area contributed by atoms with Gasteiger partial charge in [-0.3, -0.25) is 0 Å². The van der Waals surface area contributed by atoms with Gasteiger partial charge in [0.1, 0.15) is 0 Å². The predicted octanol–water partition coefficient (Wildman–Crippen LogP) is 3.80. The van der Waals surface area contributed by atoms with E-state index in [1.165, 1.54) is 83.8 Å². The van der Waals surface area contributed by atoms with E-state index < -0.39 is 0 Å². The van der Waals surface area contributed by atoms with Crippen molar-refractivity contribution >= 4 is 0 Å². The lowest BCUT2D eigenvalue weighted by atomic mass is 9.71. The molecule has 19 heavy (non-hydrogen) atoms. The molecule has 0 aromatic heterocycles.